The molecule has 0 aromatic heterocycles. The maximum atomic E-state index is 13.3. The molecule has 4 atom stereocenters. The van der Waals surface area contributed by atoms with Crippen LogP contribution < -0.4 is 0 Å². The topological polar surface area (TPSA) is 15.8 Å². The van der Waals surface area contributed by atoms with Crippen molar-refractivity contribution < 1.29 is 17.9 Å². The number of halogens is 3. The number of thioether (sulfide) groups is 1. The molecule has 2 aliphatic carbocycles. The number of allylic oxidation sites excluding steroid dienone is 5. The van der Waals surface area contributed by atoms with Crippen molar-refractivity contribution in [3.05, 3.63) is 45.4 Å². The van der Waals surface area contributed by atoms with Gasteiger partial charge in [0, 0.05) is 21.1 Å². The average Bonchev–Trinajstić information content (AvgIpc) is 3.20. The molecule has 0 bridgehead atoms. The van der Waals surface area contributed by atoms with Gasteiger partial charge in [-0.3, -0.25) is 0 Å². The molecule has 2 unspecified atom stereocenters. The molecule has 0 amide bonds. The molecule has 0 aromatic rings. The molecule has 2 heterocycles. The molecule has 2 nitrogen and oxygen atoms in total. The normalized spacial score (nSPS) is 36.3. The molecule has 1 saturated heterocycles. The summed E-state index contributed by atoms with van der Waals surface area (Å²) in [4.78, 5) is 4.33. The quantitative estimate of drug-likeness (QED) is 0.641. The van der Waals surface area contributed by atoms with Crippen LogP contribution in [0.2, 0.25) is 0 Å². The summed E-state index contributed by atoms with van der Waals surface area (Å²) in [6.07, 6.45) is 4.09. The van der Waals surface area contributed by atoms with Crippen molar-refractivity contribution in [2.45, 2.75) is 51.2 Å². The third-order valence-electron chi connectivity index (χ3n) is 4.78. The highest BCUT2D eigenvalue weighted by molar-refractivity contribution is 8.06. The zero-order valence-electron chi connectivity index (χ0n) is 12.9. The Labute approximate surface area is 137 Å². The molecule has 4 aliphatic rings. The maximum Gasteiger partial charge on any atom is 0.412 e. The van der Waals surface area contributed by atoms with Gasteiger partial charge in [0.15, 0.2) is 6.23 Å². The van der Waals surface area contributed by atoms with Crippen LogP contribution in [0.15, 0.2) is 45.4 Å². The lowest BCUT2D eigenvalue weighted by molar-refractivity contribution is -0.0953. The van der Waals surface area contributed by atoms with Crippen LogP contribution >= 0.6 is 11.8 Å². The number of ether oxygens (including phenoxy) is 1. The van der Waals surface area contributed by atoms with Crippen molar-refractivity contribution in [1.29, 1.82) is 0 Å². The highest BCUT2D eigenvalue weighted by atomic mass is 32.2. The molecule has 0 radical (unpaired) electrons. The van der Waals surface area contributed by atoms with E-state index in [1.807, 2.05) is 19.9 Å². The Morgan fingerprint density at radius 2 is 2.04 bits per heavy atom. The van der Waals surface area contributed by atoms with Crippen LogP contribution in [0.5, 0.6) is 0 Å². The van der Waals surface area contributed by atoms with Crippen LogP contribution in [-0.2, 0) is 4.74 Å². The van der Waals surface area contributed by atoms with Gasteiger partial charge in [0.25, 0.3) is 0 Å². The minimum Gasteiger partial charge on any atom is -0.348 e. The number of nitrogens with zero attached hydrogens (tertiary/aromatic N) is 1. The van der Waals surface area contributed by atoms with E-state index in [9.17, 15) is 13.2 Å². The Bertz CT molecular complexity index is 661. The Morgan fingerprint density at radius 3 is 2.70 bits per heavy atom. The predicted octanol–water partition coefficient (Wildman–Crippen LogP) is 4.73. The molecule has 0 aromatic carbocycles. The van der Waals surface area contributed by atoms with Crippen LogP contribution in [0.25, 0.3) is 0 Å². The number of hydrogen-bond donors (Lipinski definition) is 0. The van der Waals surface area contributed by atoms with Gasteiger partial charge in [0.1, 0.15) is 6.10 Å². The Hall–Kier alpha value is -1.14. The van der Waals surface area contributed by atoms with Gasteiger partial charge >= 0.3 is 6.18 Å². The second kappa shape index (κ2) is 5.18. The highest BCUT2D eigenvalue weighted by Gasteiger charge is 2.49. The largest absolute Gasteiger partial charge is 0.412 e. The summed E-state index contributed by atoms with van der Waals surface area (Å²) >= 11 is 1.65. The molecule has 23 heavy (non-hydrogen) atoms. The molecular weight excluding hydrogens is 323 g/mol. The van der Waals surface area contributed by atoms with E-state index in [1.165, 1.54) is 11.0 Å². The van der Waals surface area contributed by atoms with Gasteiger partial charge in [-0.05, 0) is 31.8 Å². The molecule has 0 spiro atoms. The number of alkyl halides is 3. The van der Waals surface area contributed by atoms with Gasteiger partial charge in [-0.2, -0.15) is 13.2 Å². The molecule has 0 saturated carbocycles. The lowest BCUT2D eigenvalue weighted by Gasteiger charge is -2.43. The molecule has 0 N–H and O–H groups in total. The fourth-order valence-electron chi connectivity index (χ4n) is 3.55. The minimum absolute atomic E-state index is 0.0536. The van der Waals surface area contributed by atoms with E-state index in [0.29, 0.717) is 5.70 Å². The average molecular weight is 341 g/mol. The molecule has 6 heteroatoms. The third kappa shape index (κ3) is 2.56. The van der Waals surface area contributed by atoms with Gasteiger partial charge in [-0.1, -0.05) is 36.9 Å². The minimum atomic E-state index is -4.26. The van der Waals surface area contributed by atoms with Gasteiger partial charge in [0.05, 0.1) is 6.04 Å². The van der Waals surface area contributed by atoms with E-state index >= 15 is 0 Å². The summed E-state index contributed by atoms with van der Waals surface area (Å²) in [6.45, 7) is 3.85. The van der Waals surface area contributed by atoms with Crippen LogP contribution in [0.1, 0.15) is 26.7 Å². The lowest BCUT2D eigenvalue weighted by atomic mass is 9.91. The smallest absolute Gasteiger partial charge is 0.348 e. The summed E-state index contributed by atoms with van der Waals surface area (Å²) in [5.74, 6) is -0.124. The Balaban J connectivity index is 1.81. The van der Waals surface area contributed by atoms with Gasteiger partial charge in [-0.15, -0.1) is 0 Å². The lowest BCUT2D eigenvalue weighted by Crippen LogP contribution is -2.43. The summed E-state index contributed by atoms with van der Waals surface area (Å²) in [5.41, 5.74) is 0.286. The summed E-state index contributed by atoms with van der Waals surface area (Å²) < 4.78 is 45.4. The van der Waals surface area contributed by atoms with Crippen molar-refractivity contribution >= 4 is 11.8 Å². The predicted molar refractivity (Wildman–Crippen MR) is 84.3 cm³/mol. The van der Waals surface area contributed by atoms with Gasteiger partial charge in [-0.25, -0.2) is 0 Å². The van der Waals surface area contributed by atoms with E-state index in [1.54, 1.807) is 11.8 Å². The van der Waals surface area contributed by atoms with Crippen molar-refractivity contribution in [3.63, 3.8) is 0 Å². The molecule has 2 aliphatic heterocycles. The van der Waals surface area contributed by atoms with Crippen molar-refractivity contribution in [3.8, 4) is 0 Å². The van der Waals surface area contributed by atoms with E-state index in [0.717, 1.165) is 11.3 Å². The molecular formula is C17H18F3NOS. The first kappa shape index (κ1) is 15.4. The second-order valence-electron chi connectivity index (χ2n) is 6.51. The van der Waals surface area contributed by atoms with Crippen molar-refractivity contribution in [1.82, 2.24) is 4.90 Å². The number of epoxide rings is 1. The number of hydrogen-bond acceptors (Lipinski definition) is 3. The Morgan fingerprint density at radius 1 is 1.30 bits per heavy atom. The maximum absolute atomic E-state index is 13.3. The summed E-state index contributed by atoms with van der Waals surface area (Å²) in [6, 6.07) is 0.0923. The first-order chi connectivity index (χ1) is 10.9. The fourth-order valence-corrected chi connectivity index (χ4v) is 4.85. The van der Waals surface area contributed by atoms with Crippen LogP contribution in [-0.4, -0.2) is 29.4 Å². The summed E-state index contributed by atoms with van der Waals surface area (Å²) in [5, 5.41) is 0. The molecule has 1 fully saturated rings. The Kier molecular flexibility index (Phi) is 3.47. The van der Waals surface area contributed by atoms with E-state index in [-0.39, 0.29) is 30.7 Å². The van der Waals surface area contributed by atoms with Crippen molar-refractivity contribution in [2.75, 3.05) is 0 Å². The van der Waals surface area contributed by atoms with Gasteiger partial charge < -0.3 is 9.64 Å². The number of fused-ring (bicyclic) bond motifs is 1. The zero-order chi connectivity index (χ0) is 16.4. The SMILES string of the molecule is CC1CC(C(F)(F)F)=CC2=C1SC1=CC=CCC1N2[C@@H]1O[C@@H]1C. The van der Waals surface area contributed by atoms with Crippen LogP contribution in [0.4, 0.5) is 13.2 Å². The standard InChI is InChI=1S/C17H18F3NOS/c1-9-7-11(17(18,19)20)8-13-15(9)23-14-6-4-3-5-12(14)21(13)16-10(2)22-16/h3-4,6,8-10,12,16H,5,7H2,1-2H3/t9?,10-,12?,16-/m1/s1. The zero-order valence-corrected chi connectivity index (χ0v) is 13.7. The van der Waals surface area contributed by atoms with E-state index in [2.05, 4.69) is 17.1 Å². The highest BCUT2D eigenvalue weighted by Crippen LogP contribution is 2.53. The van der Waals surface area contributed by atoms with Crippen LogP contribution in [0.3, 0.4) is 0 Å². The van der Waals surface area contributed by atoms with E-state index < -0.39 is 11.7 Å². The summed E-state index contributed by atoms with van der Waals surface area (Å²) in [7, 11) is 0. The first-order valence-corrected chi connectivity index (χ1v) is 8.68. The third-order valence-corrected chi connectivity index (χ3v) is 6.26. The fraction of sp³-hybridized carbons (Fsp3) is 0.529. The molecule has 124 valence electrons. The molecule has 4 rings (SSSR count). The van der Waals surface area contributed by atoms with Gasteiger partial charge in [0.2, 0.25) is 0 Å². The first-order valence-electron chi connectivity index (χ1n) is 7.86. The monoisotopic (exact) mass is 341 g/mol. The number of rotatable bonds is 1. The van der Waals surface area contributed by atoms with Crippen LogP contribution in [0, 0.1) is 5.92 Å². The second-order valence-corrected chi connectivity index (χ2v) is 7.63. The van der Waals surface area contributed by atoms with E-state index in [4.69, 9.17) is 4.74 Å². The van der Waals surface area contributed by atoms with Crippen molar-refractivity contribution in [2.24, 2.45) is 5.92 Å².